The molecule has 2 aromatic rings. The third-order valence-electron chi connectivity index (χ3n) is 13.4. The molecule has 0 N–H and O–H groups in total. The summed E-state index contributed by atoms with van der Waals surface area (Å²) < 4.78 is 10.2. The van der Waals surface area contributed by atoms with Gasteiger partial charge in [0.1, 0.15) is 0 Å². The minimum absolute atomic E-state index is 0.279. The van der Waals surface area contributed by atoms with Crippen molar-refractivity contribution in [2.75, 3.05) is 0 Å². The Morgan fingerprint density at radius 3 is 0.895 bits per heavy atom. The molecule has 3 rings (SSSR count). The summed E-state index contributed by atoms with van der Waals surface area (Å²) >= 11 is -1.93. The Kier molecular flexibility index (Phi) is 36.1. The summed E-state index contributed by atoms with van der Waals surface area (Å²) in [6.45, 7) is 18.7. The molecule has 0 aromatic heterocycles. The van der Waals surface area contributed by atoms with Crippen LogP contribution in [0.15, 0.2) is 36.4 Å². The number of benzene rings is 2. The van der Waals surface area contributed by atoms with Gasteiger partial charge in [-0.25, -0.2) is 0 Å². The molecule has 0 radical (unpaired) electrons. The second kappa shape index (κ2) is 37.1. The first kappa shape index (κ1) is 55.5. The molecule has 0 spiro atoms. The molecule has 0 heterocycles. The molecule has 0 fully saturated rings. The van der Waals surface area contributed by atoms with Crippen molar-refractivity contribution in [1.82, 2.24) is 0 Å². The third-order valence-corrected chi connectivity index (χ3v) is 35.6. The molecule has 0 saturated heterocycles. The second-order valence-corrected chi connectivity index (χ2v) is 40.9. The second-order valence-electron chi connectivity index (χ2n) is 18.8. The molecule has 330 valence electrons. The van der Waals surface area contributed by atoms with Gasteiger partial charge in [-0.05, 0) is 35.1 Å². The molecule has 0 aliphatic heterocycles. The van der Waals surface area contributed by atoms with E-state index in [4.69, 9.17) is 0 Å². The maximum atomic E-state index is 2.60. The van der Waals surface area contributed by atoms with E-state index in [1.54, 1.807) is 59.2 Å². The molecule has 0 unspecified atom stereocenters. The van der Waals surface area contributed by atoms with Crippen LogP contribution in [0.5, 0.6) is 0 Å². The molecule has 4 heteroatoms. The van der Waals surface area contributed by atoms with Gasteiger partial charge in [0.2, 0.25) is 0 Å². The minimum atomic E-state index is -0.967. The molecule has 0 atom stereocenters. The summed E-state index contributed by atoms with van der Waals surface area (Å²) in [4.78, 5) is 0. The van der Waals surface area contributed by atoms with Gasteiger partial charge in [0.25, 0.3) is 0 Å². The third kappa shape index (κ3) is 23.5. The van der Waals surface area contributed by atoms with Gasteiger partial charge in [0.15, 0.2) is 0 Å². The number of hydrogen-bond donors (Lipinski definition) is 0. The van der Waals surface area contributed by atoms with Crippen LogP contribution in [0.1, 0.15) is 233 Å². The van der Waals surface area contributed by atoms with E-state index in [-0.39, 0.29) is 5.41 Å². The summed E-state index contributed by atoms with van der Waals surface area (Å²) in [5, 5.41) is 3.13. The van der Waals surface area contributed by atoms with Crippen molar-refractivity contribution >= 4 is 70.4 Å². The standard InChI is InChI=1S/C29H46Si2.6C4H9.2Sn.2H/c1-3-5-7-9-11-13-19-29(20-14-12-10-8-6-4-2)27-21-23(30)15-17-25(27)26-18-16-24(31)22-28(26)29;6*1-3-4-2;;;;/h15-18,21-22H,3-14,19-20H2,1-2,30-31H3;6*1,3-4H2,2H3;;;;. The zero-order valence-electron chi connectivity index (χ0n) is 40.7. The zero-order chi connectivity index (χ0) is 42.0. The van der Waals surface area contributed by atoms with E-state index in [0.29, 0.717) is 0 Å². The van der Waals surface area contributed by atoms with Crippen molar-refractivity contribution in [1.29, 1.82) is 0 Å². The van der Waals surface area contributed by atoms with Gasteiger partial charge in [0, 0.05) is 25.9 Å². The predicted octanol–water partition coefficient (Wildman–Crippen LogP) is 14.7. The average molecular weight is 1030 g/mol. The maximum absolute atomic E-state index is 2.60. The molecule has 2 aromatic carbocycles. The van der Waals surface area contributed by atoms with E-state index in [9.17, 15) is 0 Å². The number of hydrogen-bond acceptors (Lipinski definition) is 0. The van der Waals surface area contributed by atoms with Crippen molar-refractivity contribution in [3.63, 3.8) is 0 Å². The molecular weight excluding hydrogens is 930 g/mol. The van der Waals surface area contributed by atoms with E-state index in [1.165, 1.54) is 167 Å². The Morgan fingerprint density at radius 2 is 0.614 bits per heavy atom. The summed E-state index contributed by atoms with van der Waals surface area (Å²) in [6, 6.07) is 14.9. The van der Waals surface area contributed by atoms with Gasteiger partial charge in [-0.15, -0.1) is 0 Å². The fraction of sp³-hybridized carbons (Fsp3) is 0.774. The van der Waals surface area contributed by atoms with Gasteiger partial charge in [-0.1, -0.05) is 138 Å². The van der Waals surface area contributed by atoms with Crippen molar-refractivity contribution in [3.8, 4) is 11.1 Å². The molecular formula is C53H102Si2Sn2. The fourth-order valence-corrected chi connectivity index (χ4v) is 32.4. The zero-order valence-corrected chi connectivity index (χ0v) is 51.3. The van der Waals surface area contributed by atoms with E-state index >= 15 is 0 Å². The molecule has 0 saturated carbocycles. The van der Waals surface area contributed by atoms with Gasteiger partial charge >= 0.3 is 185 Å². The topological polar surface area (TPSA) is 0 Å². The van der Waals surface area contributed by atoms with Gasteiger partial charge in [-0.3, -0.25) is 0 Å². The Hall–Kier alpha value is 0.471. The Balaban J connectivity index is 0.000000517. The van der Waals surface area contributed by atoms with E-state index in [0.717, 1.165) is 20.5 Å². The molecule has 0 amide bonds. The summed E-state index contributed by atoms with van der Waals surface area (Å²) in [7, 11) is 2.30. The quantitative estimate of drug-likeness (QED) is 0.0506. The molecule has 1 aliphatic carbocycles. The van der Waals surface area contributed by atoms with Crippen molar-refractivity contribution in [2.45, 2.75) is 254 Å². The van der Waals surface area contributed by atoms with Crippen LogP contribution in [0.4, 0.5) is 0 Å². The van der Waals surface area contributed by atoms with Crippen LogP contribution in [0.3, 0.4) is 0 Å². The SMILES string of the molecule is CCCCCCCCC1(CCCCCCCC)c2cc([SiH3])ccc2-c2ccc([SiH3])cc21.CCC[CH2][SnH]([CH2]CCC)[CH2]CCC.CCC[CH2][SnH]([CH2]CCC)[CH2]CCC. The van der Waals surface area contributed by atoms with E-state index < -0.39 is 39.5 Å². The fourth-order valence-electron chi connectivity index (χ4n) is 9.62. The molecule has 1 aliphatic rings. The van der Waals surface area contributed by atoms with Gasteiger partial charge in [0.05, 0.1) is 0 Å². The molecule has 0 bridgehead atoms. The van der Waals surface area contributed by atoms with Crippen LogP contribution in [-0.2, 0) is 5.41 Å². The number of unbranched alkanes of at least 4 members (excludes halogenated alkanes) is 16. The Bertz CT molecular complexity index is 1080. The van der Waals surface area contributed by atoms with Crippen LogP contribution < -0.4 is 10.4 Å². The van der Waals surface area contributed by atoms with Crippen LogP contribution in [0.25, 0.3) is 11.1 Å². The Morgan fingerprint density at radius 1 is 0.351 bits per heavy atom. The number of fused-ring (bicyclic) bond motifs is 3. The summed E-state index contributed by atoms with van der Waals surface area (Å²) in [5.74, 6) is 0. The van der Waals surface area contributed by atoms with Gasteiger partial charge in [-0.2, -0.15) is 0 Å². The normalized spacial score (nSPS) is 12.7. The van der Waals surface area contributed by atoms with Crippen molar-refractivity contribution in [3.05, 3.63) is 47.5 Å². The van der Waals surface area contributed by atoms with Crippen molar-refractivity contribution < 1.29 is 0 Å². The predicted molar refractivity (Wildman–Crippen MR) is 280 cm³/mol. The first-order valence-electron chi connectivity index (χ1n) is 26.0. The monoisotopic (exact) mass is 1030 g/mol. The summed E-state index contributed by atoms with van der Waals surface area (Å²) in [5.41, 5.74) is 6.75. The Labute approximate surface area is 380 Å². The van der Waals surface area contributed by atoms with Crippen LogP contribution in [0, 0.1) is 0 Å². The summed E-state index contributed by atoms with van der Waals surface area (Å²) in [6.07, 6.45) is 37.2. The molecule has 57 heavy (non-hydrogen) atoms. The average Bonchev–Trinajstić information content (AvgIpc) is 3.47. The number of rotatable bonds is 32. The van der Waals surface area contributed by atoms with Gasteiger partial charge < -0.3 is 0 Å². The van der Waals surface area contributed by atoms with E-state index in [2.05, 4.69) is 91.8 Å². The first-order valence-corrected chi connectivity index (χ1v) is 42.0. The van der Waals surface area contributed by atoms with Crippen molar-refractivity contribution in [2.24, 2.45) is 0 Å². The van der Waals surface area contributed by atoms with E-state index in [1.807, 2.05) is 0 Å². The van der Waals surface area contributed by atoms with Crippen LogP contribution >= 0.6 is 0 Å². The first-order chi connectivity index (χ1) is 27.8. The van der Waals surface area contributed by atoms with Crippen LogP contribution in [-0.4, -0.2) is 60.0 Å². The van der Waals surface area contributed by atoms with Crippen LogP contribution in [0.2, 0.25) is 26.6 Å². The molecule has 0 nitrogen and oxygen atoms in total.